The van der Waals surface area contributed by atoms with Gasteiger partial charge in [-0.3, -0.25) is 0 Å². The molecule has 0 aromatic carbocycles. The molecule has 1 saturated carbocycles. The predicted octanol–water partition coefficient (Wildman–Crippen LogP) is 0.461. The van der Waals surface area contributed by atoms with E-state index in [-0.39, 0.29) is 5.95 Å². The van der Waals surface area contributed by atoms with Gasteiger partial charge in [-0.25, -0.2) is 4.68 Å². The number of anilines is 2. The molecule has 88 valence electrons. The molecule has 7 nitrogen and oxygen atoms in total. The summed E-state index contributed by atoms with van der Waals surface area (Å²) in [6.45, 7) is 0.891. The van der Waals surface area contributed by atoms with Crippen molar-refractivity contribution >= 4 is 11.9 Å². The van der Waals surface area contributed by atoms with E-state index in [1.54, 1.807) is 23.1 Å². The average Bonchev–Trinajstić information content (AvgIpc) is 2.98. The molecular formula is C10H13N7. The standard InChI is InChI=1S/C10H13N7/c11-8-14-9(12-6-7-2-3-7)16-10(15-8)17-5-1-4-13-17/h1,4-5,7H,2-3,6H2,(H3,11,12,14,15,16). The summed E-state index contributed by atoms with van der Waals surface area (Å²) in [5, 5.41) is 7.22. The number of hydrogen-bond donors (Lipinski definition) is 2. The SMILES string of the molecule is Nc1nc(NCC2CC2)nc(-n2cccn2)n1. The quantitative estimate of drug-likeness (QED) is 0.793. The number of nitrogens with one attached hydrogen (secondary N) is 1. The van der Waals surface area contributed by atoms with Gasteiger partial charge in [0.15, 0.2) is 0 Å². The molecule has 17 heavy (non-hydrogen) atoms. The van der Waals surface area contributed by atoms with Crippen LogP contribution in [-0.4, -0.2) is 31.3 Å². The fourth-order valence-corrected chi connectivity index (χ4v) is 1.51. The topological polar surface area (TPSA) is 94.5 Å². The number of nitrogen functional groups attached to an aromatic ring is 1. The van der Waals surface area contributed by atoms with E-state index in [1.807, 2.05) is 0 Å². The molecule has 2 aromatic heterocycles. The van der Waals surface area contributed by atoms with E-state index in [4.69, 9.17) is 5.73 Å². The Morgan fingerprint density at radius 1 is 1.35 bits per heavy atom. The molecule has 1 aliphatic carbocycles. The minimum Gasteiger partial charge on any atom is -0.368 e. The molecule has 0 bridgehead atoms. The molecule has 7 heteroatoms. The van der Waals surface area contributed by atoms with E-state index in [2.05, 4.69) is 25.4 Å². The number of nitrogens with two attached hydrogens (primary N) is 1. The molecule has 0 radical (unpaired) electrons. The summed E-state index contributed by atoms with van der Waals surface area (Å²) < 4.78 is 1.56. The van der Waals surface area contributed by atoms with Crippen LogP contribution in [0.5, 0.6) is 0 Å². The third kappa shape index (κ3) is 2.32. The Kier molecular flexibility index (Phi) is 2.36. The summed E-state index contributed by atoms with van der Waals surface area (Å²) >= 11 is 0. The molecule has 3 N–H and O–H groups in total. The Bertz CT molecular complexity index is 503. The molecule has 0 spiro atoms. The molecule has 0 aliphatic heterocycles. The van der Waals surface area contributed by atoms with E-state index < -0.39 is 0 Å². The van der Waals surface area contributed by atoms with Gasteiger partial charge >= 0.3 is 0 Å². The first-order chi connectivity index (χ1) is 8.31. The van der Waals surface area contributed by atoms with Crippen molar-refractivity contribution in [3.63, 3.8) is 0 Å². The second-order valence-corrected chi connectivity index (χ2v) is 4.09. The minimum atomic E-state index is 0.198. The molecule has 0 saturated heterocycles. The predicted molar refractivity (Wildman–Crippen MR) is 62.6 cm³/mol. The molecule has 2 aromatic rings. The average molecular weight is 231 g/mol. The van der Waals surface area contributed by atoms with Gasteiger partial charge < -0.3 is 11.1 Å². The van der Waals surface area contributed by atoms with E-state index in [0.29, 0.717) is 11.9 Å². The van der Waals surface area contributed by atoms with Gasteiger partial charge in [0.25, 0.3) is 5.95 Å². The van der Waals surface area contributed by atoms with Crippen LogP contribution < -0.4 is 11.1 Å². The maximum absolute atomic E-state index is 5.64. The summed E-state index contributed by atoms with van der Waals surface area (Å²) in [7, 11) is 0. The fourth-order valence-electron chi connectivity index (χ4n) is 1.51. The zero-order valence-electron chi connectivity index (χ0n) is 9.24. The largest absolute Gasteiger partial charge is 0.368 e. The lowest BCUT2D eigenvalue weighted by molar-refractivity contribution is 0.793. The lowest BCUT2D eigenvalue weighted by Crippen LogP contribution is -2.12. The monoisotopic (exact) mass is 231 g/mol. The van der Waals surface area contributed by atoms with Crippen molar-refractivity contribution in [2.75, 3.05) is 17.6 Å². The Morgan fingerprint density at radius 2 is 2.24 bits per heavy atom. The molecule has 1 aliphatic rings. The number of aromatic nitrogens is 5. The second kappa shape index (κ2) is 4.00. The zero-order chi connectivity index (χ0) is 11.7. The third-order valence-electron chi connectivity index (χ3n) is 2.60. The van der Waals surface area contributed by atoms with Crippen LogP contribution in [0.15, 0.2) is 18.5 Å². The maximum atomic E-state index is 5.64. The minimum absolute atomic E-state index is 0.198. The van der Waals surface area contributed by atoms with Crippen LogP contribution in [0.1, 0.15) is 12.8 Å². The first kappa shape index (κ1) is 10.0. The van der Waals surface area contributed by atoms with Gasteiger partial charge in [-0.15, -0.1) is 0 Å². The summed E-state index contributed by atoms with van der Waals surface area (Å²) in [5.74, 6) is 1.89. The highest BCUT2D eigenvalue weighted by Crippen LogP contribution is 2.28. The molecule has 0 unspecified atom stereocenters. The third-order valence-corrected chi connectivity index (χ3v) is 2.60. The van der Waals surface area contributed by atoms with E-state index in [1.165, 1.54) is 12.8 Å². The van der Waals surface area contributed by atoms with Crippen molar-refractivity contribution in [1.29, 1.82) is 0 Å². The Labute approximate surface area is 98.1 Å². The van der Waals surface area contributed by atoms with Crippen molar-refractivity contribution in [3.8, 4) is 5.95 Å². The van der Waals surface area contributed by atoms with Crippen LogP contribution in [0, 0.1) is 5.92 Å². The number of rotatable bonds is 4. The van der Waals surface area contributed by atoms with Gasteiger partial charge in [0, 0.05) is 18.9 Å². The zero-order valence-corrected chi connectivity index (χ0v) is 9.24. The Balaban J connectivity index is 1.83. The number of hydrogen-bond acceptors (Lipinski definition) is 6. The van der Waals surface area contributed by atoms with Crippen LogP contribution in [-0.2, 0) is 0 Å². The second-order valence-electron chi connectivity index (χ2n) is 4.09. The highest BCUT2D eigenvalue weighted by Gasteiger charge is 2.21. The van der Waals surface area contributed by atoms with E-state index in [9.17, 15) is 0 Å². The fraction of sp³-hybridized carbons (Fsp3) is 0.400. The van der Waals surface area contributed by atoms with Gasteiger partial charge in [-0.1, -0.05) is 0 Å². The smallest absolute Gasteiger partial charge is 0.257 e. The summed E-state index contributed by atoms with van der Waals surface area (Å²) in [4.78, 5) is 12.3. The van der Waals surface area contributed by atoms with Crippen LogP contribution in [0.3, 0.4) is 0 Å². The summed E-state index contributed by atoms with van der Waals surface area (Å²) in [5.41, 5.74) is 5.64. The molecular weight excluding hydrogens is 218 g/mol. The van der Waals surface area contributed by atoms with Gasteiger partial charge in [-0.2, -0.15) is 20.1 Å². The van der Waals surface area contributed by atoms with Crippen LogP contribution in [0.2, 0.25) is 0 Å². The van der Waals surface area contributed by atoms with Crippen LogP contribution >= 0.6 is 0 Å². The summed E-state index contributed by atoms with van der Waals surface area (Å²) in [6.07, 6.45) is 5.98. The normalized spacial score (nSPS) is 14.8. The molecule has 2 heterocycles. The molecule has 0 amide bonds. The highest BCUT2D eigenvalue weighted by atomic mass is 15.4. The lowest BCUT2D eigenvalue weighted by atomic mass is 10.4. The first-order valence-electron chi connectivity index (χ1n) is 5.57. The van der Waals surface area contributed by atoms with Crippen molar-refractivity contribution in [2.45, 2.75) is 12.8 Å². The lowest BCUT2D eigenvalue weighted by Gasteiger charge is -2.06. The summed E-state index contributed by atoms with van der Waals surface area (Å²) in [6, 6.07) is 1.80. The van der Waals surface area contributed by atoms with Crippen molar-refractivity contribution in [2.24, 2.45) is 5.92 Å². The van der Waals surface area contributed by atoms with Crippen molar-refractivity contribution < 1.29 is 0 Å². The van der Waals surface area contributed by atoms with Crippen molar-refractivity contribution in [1.82, 2.24) is 24.7 Å². The van der Waals surface area contributed by atoms with Gasteiger partial charge in [0.2, 0.25) is 11.9 Å². The maximum Gasteiger partial charge on any atom is 0.257 e. The van der Waals surface area contributed by atoms with E-state index in [0.717, 1.165) is 12.5 Å². The highest BCUT2D eigenvalue weighted by molar-refractivity contribution is 5.34. The van der Waals surface area contributed by atoms with Crippen LogP contribution in [0.4, 0.5) is 11.9 Å². The van der Waals surface area contributed by atoms with Gasteiger partial charge in [-0.05, 0) is 24.8 Å². The van der Waals surface area contributed by atoms with Gasteiger partial charge in [0.1, 0.15) is 0 Å². The van der Waals surface area contributed by atoms with Gasteiger partial charge in [0.05, 0.1) is 0 Å². The molecule has 0 atom stereocenters. The Hall–Kier alpha value is -2.18. The molecule has 3 rings (SSSR count). The molecule has 1 fully saturated rings. The number of nitrogens with zero attached hydrogens (tertiary/aromatic N) is 5. The van der Waals surface area contributed by atoms with Crippen molar-refractivity contribution in [3.05, 3.63) is 18.5 Å². The van der Waals surface area contributed by atoms with Crippen LogP contribution in [0.25, 0.3) is 5.95 Å². The Morgan fingerprint density at radius 3 is 2.94 bits per heavy atom. The first-order valence-corrected chi connectivity index (χ1v) is 5.57. The van der Waals surface area contributed by atoms with E-state index >= 15 is 0 Å².